The molecule has 4 rings (SSSR count). The van der Waals surface area contributed by atoms with E-state index in [1.54, 1.807) is 0 Å². The number of hydrogen-bond donors (Lipinski definition) is 2. The van der Waals surface area contributed by atoms with E-state index in [0.717, 1.165) is 54.3 Å². The monoisotopic (exact) mass is 398 g/mol. The zero-order valence-electron chi connectivity index (χ0n) is 16.1. The summed E-state index contributed by atoms with van der Waals surface area (Å²) in [7, 11) is 0. The Morgan fingerprint density at radius 1 is 1.25 bits per heavy atom. The maximum Gasteiger partial charge on any atom is 0.251 e. The highest BCUT2D eigenvalue weighted by Gasteiger charge is 2.16. The molecule has 6 heteroatoms. The van der Waals surface area contributed by atoms with Crippen LogP contribution in [0.3, 0.4) is 0 Å². The van der Waals surface area contributed by atoms with Crippen LogP contribution in [0.2, 0.25) is 0 Å². The molecule has 0 spiro atoms. The van der Waals surface area contributed by atoms with Gasteiger partial charge < -0.3 is 10.6 Å². The van der Waals surface area contributed by atoms with E-state index in [9.17, 15) is 4.79 Å². The van der Waals surface area contributed by atoms with Crippen molar-refractivity contribution in [1.29, 1.82) is 0 Å². The van der Waals surface area contributed by atoms with Crippen molar-refractivity contribution in [3.63, 3.8) is 0 Å². The summed E-state index contributed by atoms with van der Waals surface area (Å²) in [5, 5.41) is 13.2. The third-order valence-corrected chi connectivity index (χ3v) is 5.27. The van der Waals surface area contributed by atoms with Gasteiger partial charge in [-0.2, -0.15) is 5.10 Å². The summed E-state index contributed by atoms with van der Waals surface area (Å²) in [6, 6.07) is 12.6. The predicted octanol–water partition coefficient (Wildman–Crippen LogP) is 4.19. The Bertz CT molecular complexity index is 947. The van der Waals surface area contributed by atoms with Crippen molar-refractivity contribution >= 4 is 29.1 Å². The summed E-state index contributed by atoms with van der Waals surface area (Å²) < 4.78 is 2.11. The number of nitrogens with one attached hydrogen (secondary N) is 2. The van der Waals surface area contributed by atoms with E-state index < -0.39 is 0 Å². The second kappa shape index (κ2) is 9.22. The van der Waals surface area contributed by atoms with Gasteiger partial charge in [0.2, 0.25) is 0 Å². The number of piperidine rings is 1. The molecule has 1 saturated heterocycles. The smallest absolute Gasteiger partial charge is 0.251 e. The molecule has 5 nitrogen and oxygen atoms in total. The molecular formula is C22H27ClN4O. The third kappa shape index (κ3) is 4.21. The van der Waals surface area contributed by atoms with Gasteiger partial charge in [-0.3, -0.25) is 9.48 Å². The highest BCUT2D eigenvalue weighted by Crippen LogP contribution is 2.30. The molecule has 1 aromatic heterocycles. The number of hydrogen-bond acceptors (Lipinski definition) is 3. The van der Waals surface area contributed by atoms with E-state index in [0.29, 0.717) is 18.2 Å². The maximum atomic E-state index is 12.3. The minimum absolute atomic E-state index is 0. The van der Waals surface area contributed by atoms with Gasteiger partial charge in [-0.25, -0.2) is 0 Å². The molecule has 2 heterocycles. The number of rotatable bonds is 5. The van der Waals surface area contributed by atoms with Crippen LogP contribution in [0, 0.1) is 0 Å². The summed E-state index contributed by atoms with van der Waals surface area (Å²) in [5.41, 5.74) is 2.99. The van der Waals surface area contributed by atoms with Crippen LogP contribution in [-0.4, -0.2) is 35.3 Å². The van der Waals surface area contributed by atoms with E-state index >= 15 is 0 Å². The van der Waals surface area contributed by atoms with Crippen molar-refractivity contribution in [1.82, 2.24) is 20.4 Å². The van der Waals surface area contributed by atoms with E-state index in [-0.39, 0.29) is 18.3 Å². The van der Waals surface area contributed by atoms with Gasteiger partial charge in [-0.15, -0.1) is 12.4 Å². The summed E-state index contributed by atoms with van der Waals surface area (Å²) in [4.78, 5) is 12.3. The van der Waals surface area contributed by atoms with Gasteiger partial charge in [0.1, 0.15) is 0 Å². The molecule has 0 atom stereocenters. The molecular weight excluding hydrogens is 372 g/mol. The molecule has 0 aliphatic carbocycles. The number of aromatic nitrogens is 2. The average Bonchev–Trinajstić information content (AvgIpc) is 3.22. The lowest BCUT2D eigenvalue weighted by Crippen LogP contribution is -2.29. The summed E-state index contributed by atoms with van der Waals surface area (Å²) in [6.45, 7) is 4.86. The van der Waals surface area contributed by atoms with Crippen LogP contribution in [0.5, 0.6) is 0 Å². The van der Waals surface area contributed by atoms with Gasteiger partial charge in [-0.1, -0.05) is 31.2 Å². The quantitative estimate of drug-likeness (QED) is 0.677. The lowest BCUT2D eigenvalue weighted by atomic mass is 9.98. The number of fused-ring (bicyclic) bond motifs is 1. The highest BCUT2D eigenvalue weighted by atomic mass is 35.5. The summed E-state index contributed by atoms with van der Waals surface area (Å²) in [6.07, 6.45) is 7.29. The molecule has 3 aromatic rings. The molecule has 2 aromatic carbocycles. The fourth-order valence-corrected chi connectivity index (χ4v) is 3.77. The molecule has 0 saturated carbocycles. The van der Waals surface area contributed by atoms with Crippen molar-refractivity contribution in [3.05, 3.63) is 54.4 Å². The maximum absolute atomic E-state index is 12.3. The van der Waals surface area contributed by atoms with Gasteiger partial charge >= 0.3 is 0 Å². The van der Waals surface area contributed by atoms with Crippen LogP contribution in [0.15, 0.2) is 48.8 Å². The lowest BCUT2D eigenvalue weighted by molar-refractivity contribution is 0.0954. The second-order valence-electron chi connectivity index (χ2n) is 7.19. The number of halogens is 1. The van der Waals surface area contributed by atoms with E-state index in [1.807, 2.05) is 30.5 Å². The van der Waals surface area contributed by atoms with Crippen molar-refractivity contribution < 1.29 is 4.79 Å². The first-order chi connectivity index (χ1) is 13.3. The summed E-state index contributed by atoms with van der Waals surface area (Å²) in [5.74, 6) is -0.0112. The Balaban J connectivity index is 0.00000225. The molecule has 1 amide bonds. The third-order valence-electron chi connectivity index (χ3n) is 5.27. The molecule has 1 aliphatic heterocycles. The van der Waals surface area contributed by atoms with Crippen molar-refractivity contribution in [3.8, 4) is 11.1 Å². The molecule has 0 bridgehead atoms. The molecule has 148 valence electrons. The fraction of sp³-hybridized carbons (Fsp3) is 0.364. The average molecular weight is 399 g/mol. The van der Waals surface area contributed by atoms with E-state index in [1.165, 1.54) is 0 Å². The minimum atomic E-state index is -0.0112. The highest BCUT2D eigenvalue weighted by molar-refractivity contribution is 6.02. The van der Waals surface area contributed by atoms with Gasteiger partial charge in [-0.05, 0) is 60.8 Å². The number of carbonyl (C=O) groups is 1. The van der Waals surface area contributed by atoms with Gasteiger partial charge in [0.25, 0.3) is 5.91 Å². The topological polar surface area (TPSA) is 59.0 Å². The van der Waals surface area contributed by atoms with Gasteiger partial charge in [0.15, 0.2) is 0 Å². The lowest BCUT2D eigenvalue weighted by Gasteiger charge is -2.22. The van der Waals surface area contributed by atoms with Gasteiger partial charge in [0.05, 0.1) is 12.2 Å². The first-order valence-corrected chi connectivity index (χ1v) is 9.82. The van der Waals surface area contributed by atoms with Crippen LogP contribution in [0.25, 0.3) is 21.9 Å². The molecule has 1 fully saturated rings. The Labute approximate surface area is 171 Å². The Hall–Kier alpha value is -2.37. The first-order valence-electron chi connectivity index (χ1n) is 9.82. The van der Waals surface area contributed by atoms with E-state index in [2.05, 4.69) is 45.7 Å². The normalized spacial score (nSPS) is 14.6. The van der Waals surface area contributed by atoms with Crippen LogP contribution >= 0.6 is 12.4 Å². The Morgan fingerprint density at radius 2 is 2.07 bits per heavy atom. The number of carbonyl (C=O) groups excluding carboxylic acids is 1. The number of nitrogens with zero attached hydrogens (tertiary/aromatic N) is 2. The number of amides is 1. The van der Waals surface area contributed by atoms with Crippen LogP contribution in [-0.2, 0) is 0 Å². The van der Waals surface area contributed by atoms with Crippen molar-refractivity contribution in [2.24, 2.45) is 0 Å². The van der Waals surface area contributed by atoms with Gasteiger partial charge in [0, 0.05) is 23.9 Å². The predicted molar refractivity (Wildman–Crippen MR) is 116 cm³/mol. The first kappa shape index (κ1) is 20.4. The van der Waals surface area contributed by atoms with E-state index in [4.69, 9.17) is 0 Å². The largest absolute Gasteiger partial charge is 0.352 e. The Morgan fingerprint density at radius 3 is 2.86 bits per heavy atom. The minimum Gasteiger partial charge on any atom is -0.352 e. The Kier molecular flexibility index (Phi) is 6.70. The van der Waals surface area contributed by atoms with Crippen LogP contribution in [0.1, 0.15) is 42.6 Å². The van der Waals surface area contributed by atoms with Crippen LogP contribution in [0.4, 0.5) is 0 Å². The fourth-order valence-electron chi connectivity index (χ4n) is 3.77. The van der Waals surface area contributed by atoms with Crippen molar-refractivity contribution in [2.45, 2.75) is 32.2 Å². The zero-order valence-corrected chi connectivity index (χ0v) is 17.0. The molecule has 2 N–H and O–H groups in total. The second-order valence-corrected chi connectivity index (χ2v) is 7.19. The summed E-state index contributed by atoms with van der Waals surface area (Å²) >= 11 is 0. The van der Waals surface area contributed by atoms with Crippen LogP contribution < -0.4 is 10.6 Å². The van der Waals surface area contributed by atoms with Crippen molar-refractivity contribution in [2.75, 3.05) is 19.6 Å². The molecule has 0 unspecified atom stereocenters. The molecule has 28 heavy (non-hydrogen) atoms. The zero-order chi connectivity index (χ0) is 18.6. The standard InChI is InChI=1S/C22H26N4O.ClH/c1-2-10-24-22(27)17-6-7-21-16(13-17)4-3-5-20(21)18-14-25-26(15-18)19-8-11-23-12-9-19;/h3-7,13-15,19,23H,2,8-12H2,1H3,(H,24,27);1H. The molecule has 0 radical (unpaired) electrons. The molecule has 1 aliphatic rings. The number of benzene rings is 2. The SMILES string of the molecule is CCCNC(=O)c1ccc2c(-c3cnn(C4CCNCC4)c3)cccc2c1.Cl.